The minimum absolute atomic E-state index is 0.162. The lowest BCUT2D eigenvalue weighted by atomic mass is 9.83. The van der Waals surface area contributed by atoms with Gasteiger partial charge in [0, 0.05) is 13.7 Å². The SMILES string of the molecule is COCCNCCC(C)(C)CCc1ccc(F)cc1. The van der Waals surface area contributed by atoms with Crippen LogP contribution < -0.4 is 5.32 Å². The molecular formula is C16H26FNO. The highest BCUT2D eigenvalue weighted by Crippen LogP contribution is 2.26. The van der Waals surface area contributed by atoms with Gasteiger partial charge in [-0.1, -0.05) is 26.0 Å². The molecule has 0 aliphatic carbocycles. The third-order valence-corrected chi connectivity index (χ3v) is 3.47. The van der Waals surface area contributed by atoms with Gasteiger partial charge >= 0.3 is 0 Å². The van der Waals surface area contributed by atoms with E-state index < -0.39 is 0 Å². The lowest BCUT2D eigenvalue weighted by Crippen LogP contribution is -2.25. The van der Waals surface area contributed by atoms with Crippen LogP contribution in [0.2, 0.25) is 0 Å². The second-order valence-corrected chi connectivity index (χ2v) is 5.78. The molecule has 1 rings (SSSR count). The Hall–Kier alpha value is -0.930. The number of hydrogen-bond acceptors (Lipinski definition) is 2. The zero-order chi connectivity index (χ0) is 14.1. The molecule has 0 saturated heterocycles. The van der Waals surface area contributed by atoms with E-state index in [0.29, 0.717) is 5.41 Å². The van der Waals surface area contributed by atoms with Gasteiger partial charge in [0.05, 0.1) is 6.61 Å². The van der Waals surface area contributed by atoms with Gasteiger partial charge in [-0.15, -0.1) is 0 Å². The van der Waals surface area contributed by atoms with Crippen LogP contribution in [0, 0.1) is 11.2 Å². The molecule has 0 bridgehead atoms. The van der Waals surface area contributed by atoms with Gasteiger partial charge in [0.1, 0.15) is 5.82 Å². The van der Waals surface area contributed by atoms with Gasteiger partial charge in [0.25, 0.3) is 0 Å². The van der Waals surface area contributed by atoms with E-state index in [9.17, 15) is 4.39 Å². The Kier molecular flexibility index (Phi) is 7.03. The van der Waals surface area contributed by atoms with Crippen molar-refractivity contribution in [1.29, 1.82) is 0 Å². The maximum absolute atomic E-state index is 12.8. The minimum Gasteiger partial charge on any atom is -0.383 e. The van der Waals surface area contributed by atoms with Crippen molar-refractivity contribution < 1.29 is 9.13 Å². The van der Waals surface area contributed by atoms with Gasteiger partial charge < -0.3 is 10.1 Å². The van der Waals surface area contributed by atoms with Crippen molar-refractivity contribution in [2.45, 2.75) is 33.1 Å². The molecule has 0 aromatic heterocycles. The fourth-order valence-corrected chi connectivity index (χ4v) is 1.98. The topological polar surface area (TPSA) is 21.3 Å². The van der Waals surface area contributed by atoms with Gasteiger partial charge in [-0.3, -0.25) is 0 Å². The zero-order valence-electron chi connectivity index (χ0n) is 12.3. The summed E-state index contributed by atoms with van der Waals surface area (Å²) >= 11 is 0. The first-order valence-corrected chi connectivity index (χ1v) is 6.98. The summed E-state index contributed by atoms with van der Waals surface area (Å²) in [5.74, 6) is -0.162. The van der Waals surface area contributed by atoms with Crippen LogP contribution in [0.3, 0.4) is 0 Å². The number of hydrogen-bond donors (Lipinski definition) is 1. The molecule has 0 unspecified atom stereocenters. The van der Waals surface area contributed by atoms with E-state index in [1.807, 2.05) is 12.1 Å². The van der Waals surface area contributed by atoms with Crippen LogP contribution in [-0.2, 0) is 11.2 Å². The molecular weight excluding hydrogens is 241 g/mol. The summed E-state index contributed by atoms with van der Waals surface area (Å²) in [5, 5.41) is 3.37. The first kappa shape index (κ1) is 16.1. The fourth-order valence-electron chi connectivity index (χ4n) is 1.98. The number of nitrogens with one attached hydrogen (secondary N) is 1. The predicted molar refractivity (Wildman–Crippen MR) is 77.9 cm³/mol. The Labute approximate surface area is 116 Å². The molecule has 0 fully saturated rings. The third-order valence-electron chi connectivity index (χ3n) is 3.47. The fraction of sp³-hybridized carbons (Fsp3) is 0.625. The van der Waals surface area contributed by atoms with Crippen molar-refractivity contribution in [2.75, 3.05) is 26.8 Å². The molecule has 1 aromatic carbocycles. The van der Waals surface area contributed by atoms with Gasteiger partial charge in [0.15, 0.2) is 0 Å². The minimum atomic E-state index is -0.162. The zero-order valence-corrected chi connectivity index (χ0v) is 12.3. The van der Waals surface area contributed by atoms with E-state index in [0.717, 1.165) is 39.0 Å². The molecule has 0 atom stereocenters. The molecule has 0 saturated carbocycles. The number of benzene rings is 1. The van der Waals surface area contributed by atoms with Crippen LogP contribution in [0.5, 0.6) is 0 Å². The van der Waals surface area contributed by atoms with Crippen LogP contribution in [0.4, 0.5) is 4.39 Å². The normalized spacial score (nSPS) is 11.8. The van der Waals surface area contributed by atoms with Crippen LogP contribution in [-0.4, -0.2) is 26.8 Å². The quantitative estimate of drug-likeness (QED) is 0.692. The van der Waals surface area contributed by atoms with Gasteiger partial charge in [-0.25, -0.2) is 4.39 Å². The van der Waals surface area contributed by atoms with Crippen molar-refractivity contribution >= 4 is 0 Å². The molecule has 0 heterocycles. The van der Waals surface area contributed by atoms with Crippen LogP contribution in [0.15, 0.2) is 24.3 Å². The Balaban J connectivity index is 2.24. The second kappa shape index (κ2) is 8.28. The Morgan fingerprint density at radius 3 is 2.42 bits per heavy atom. The average Bonchev–Trinajstić information content (AvgIpc) is 2.38. The average molecular weight is 267 g/mol. The lowest BCUT2D eigenvalue weighted by molar-refractivity contribution is 0.197. The molecule has 19 heavy (non-hydrogen) atoms. The van der Waals surface area contributed by atoms with E-state index in [1.165, 1.54) is 17.7 Å². The van der Waals surface area contributed by atoms with E-state index in [2.05, 4.69) is 19.2 Å². The third kappa shape index (κ3) is 7.28. The van der Waals surface area contributed by atoms with Crippen molar-refractivity contribution in [1.82, 2.24) is 5.32 Å². The Morgan fingerprint density at radius 2 is 1.79 bits per heavy atom. The van der Waals surface area contributed by atoms with Crippen LogP contribution in [0.25, 0.3) is 0 Å². The van der Waals surface area contributed by atoms with E-state index in [1.54, 1.807) is 7.11 Å². The van der Waals surface area contributed by atoms with Crippen molar-refractivity contribution in [3.63, 3.8) is 0 Å². The molecule has 1 N–H and O–H groups in total. The number of aryl methyl sites for hydroxylation is 1. The summed E-state index contributed by atoms with van der Waals surface area (Å²) in [7, 11) is 1.72. The molecule has 0 amide bonds. The molecule has 0 spiro atoms. The van der Waals surface area contributed by atoms with Gasteiger partial charge in [-0.2, -0.15) is 0 Å². The highest BCUT2D eigenvalue weighted by atomic mass is 19.1. The standard InChI is InChI=1S/C16H26FNO/c1-16(2,10-11-18-12-13-19-3)9-8-14-4-6-15(17)7-5-14/h4-7,18H,8-13H2,1-3H3. The number of ether oxygens (including phenoxy) is 1. The predicted octanol–water partition coefficient (Wildman–Crippen LogP) is 3.41. The summed E-state index contributed by atoms with van der Waals surface area (Å²) in [5.41, 5.74) is 1.51. The highest BCUT2D eigenvalue weighted by molar-refractivity contribution is 5.16. The van der Waals surface area contributed by atoms with E-state index in [4.69, 9.17) is 4.74 Å². The largest absolute Gasteiger partial charge is 0.383 e. The van der Waals surface area contributed by atoms with Crippen LogP contribution in [0.1, 0.15) is 32.3 Å². The summed E-state index contributed by atoms with van der Waals surface area (Å²) in [4.78, 5) is 0. The summed E-state index contributed by atoms with van der Waals surface area (Å²) in [6.45, 7) is 7.25. The van der Waals surface area contributed by atoms with Crippen molar-refractivity contribution in [3.05, 3.63) is 35.6 Å². The summed E-state index contributed by atoms with van der Waals surface area (Å²) in [6, 6.07) is 6.83. The molecule has 0 radical (unpaired) electrons. The molecule has 3 heteroatoms. The lowest BCUT2D eigenvalue weighted by Gasteiger charge is -2.24. The Morgan fingerprint density at radius 1 is 1.11 bits per heavy atom. The maximum atomic E-state index is 12.8. The smallest absolute Gasteiger partial charge is 0.123 e. The van der Waals surface area contributed by atoms with Crippen molar-refractivity contribution in [3.8, 4) is 0 Å². The monoisotopic (exact) mass is 267 g/mol. The van der Waals surface area contributed by atoms with E-state index in [-0.39, 0.29) is 5.82 Å². The summed E-state index contributed by atoms with van der Waals surface area (Å²) in [6.07, 6.45) is 3.26. The first-order valence-electron chi connectivity index (χ1n) is 6.98. The molecule has 2 nitrogen and oxygen atoms in total. The van der Waals surface area contributed by atoms with Gasteiger partial charge in [-0.05, 0) is 48.9 Å². The summed E-state index contributed by atoms with van der Waals surface area (Å²) < 4.78 is 17.8. The maximum Gasteiger partial charge on any atom is 0.123 e. The molecule has 108 valence electrons. The van der Waals surface area contributed by atoms with Gasteiger partial charge in [0.2, 0.25) is 0 Å². The first-order chi connectivity index (χ1) is 9.03. The molecule has 1 aromatic rings. The van der Waals surface area contributed by atoms with E-state index >= 15 is 0 Å². The Bertz CT molecular complexity index is 348. The van der Waals surface area contributed by atoms with Crippen molar-refractivity contribution in [2.24, 2.45) is 5.41 Å². The number of rotatable bonds is 9. The number of halogens is 1. The molecule has 0 aliphatic rings. The van der Waals surface area contributed by atoms with Crippen LogP contribution >= 0.6 is 0 Å². The number of methoxy groups -OCH3 is 1. The molecule has 0 aliphatic heterocycles. The highest BCUT2D eigenvalue weighted by Gasteiger charge is 2.17. The second-order valence-electron chi connectivity index (χ2n) is 5.78.